The third kappa shape index (κ3) is 5.30. The summed E-state index contributed by atoms with van der Waals surface area (Å²) in [6.07, 6.45) is 1.14. The van der Waals surface area contributed by atoms with Gasteiger partial charge in [0.15, 0.2) is 0 Å². The lowest BCUT2D eigenvalue weighted by molar-refractivity contribution is -0.137. The van der Waals surface area contributed by atoms with E-state index in [0.29, 0.717) is 39.3 Å². The van der Waals surface area contributed by atoms with E-state index in [-0.39, 0.29) is 36.1 Å². The molecule has 0 saturated carbocycles. The molecule has 2 aliphatic heterocycles. The van der Waals surface area contributed by atoms with E-state index in [2.05, 4.69) is 10.2 Å². The Balaban J connectivity index is 1.49. The van der Waals surface area contributed by atoms with E-state index < -0.39 is 0 Å². The summed E-state index contributed by atoms with van der Waals surface area (Å²) < 4.78 is 5.16. The van der Waals surface area contributed by atoms with E-state index in [0.717, 1.165) is 17.9 Å². The van der Waals surface area contributed by atoms with Gasteiger partial charge in [-0.25, -0.2) is 0 Å². The van der Waals surface area contributed by atoms with Gasteiger partial charge in [0.1, 0.15) is 5.75 Å². The van der Waals surface area contributed by atoms with Crippen LogP contribution < -0.4 is 15.0 Å². The second-order valence-electron chi connectivity index (χ2n) is 8.08. The molecule has 2 aliphatic rings. The van der Waals surface area contributed by atoms with Crippen LogP contribution in [0.4, 0.5) is 5.69 Å². The van der Waals surface area contributed by atoms with E-state index in [4.69, 9.17) is 4.74 Å². The minimum atomic E-state index is -0.320. The summed E-state index contributed by atoms with van der Waals surface area (Å²) in [6, 6.07) is 7.48. The van der Waals surface area contributed by atoms with Gasteiger partial charge in [0, 0.05) is 50.9 Å². The molecular formula is C22H32N4O4. The van der Waals surface area contributed by atoms with Gasteiger partial charge >= 0.3 is 0 Å². The lowest BCUT2D eigenvalue weighted by Gasteiger charge is -2.35. The third-order valence-electron chi connectivity index (χ3n) is 5.93. The Morgan fingerprint density at radius 3 is 2.43 bits per heavy atom. The van der Waals surface area contributed by atoms with Crippen LogP contribution in [0, 0.1) is 5.92 Å². The fraction of sp³-hybridized carbons (Fsp3) is 0.591. The predicted molar refractivity (Wildman–Crippen MR) is 114 cm³/mol. The van der Waals surface area contributed by atoms with Crippen molar-refractivity contribution in [1.82, 2.24) is 15.1 Å². The number of hydrogen-bond donors (Lipinski definition) is 1. The lowest BCUT2D eigenvalue weighted by Crippen LogP contribution is -2.53. The van der Waals surface area contributed by atoms with Crippen LogP contribution in [0.5, 0.6) is 5.75 Å². The molecular weight excluding hydrogens is 384 g/mol. The first-order valence-corrected chi connectivity index (χ1v) is 10.7. The molecule has 2 atom stereocenters. The molecule has 0 bridgehead atoms. The quantitative estimate of drug-likeness (QED) is 0.720. The Bertz CT molecular complexity index is 759. The molecule has 0 aliphatic carbocycles. The van der Waals surface area contributed by atoms with Gasteiger partial charge < -0.3 is 19.9 Å². The van der Waals surface area contributed by atoms with Crippen molar-refractivity contribution in [2.75, 3.05) is 51.3 Å². The number of nitrogens with one attached hydrogen (secondary N) is 1. The minimum absolute atomic E-state index is 0.0284. The first-order chi connectivity index (χ1) is 14.4. The molecule has 1 N–H and O–H groups in total. The predicted octanol–water partition coefficient (Wildman–Crippen LogP) is 1.11. The average Bonchev–Trinajstić information content (AvgIpc) is 3.15. The van der Waals surface area contributed by atoms with Crippen LogP contribution in [0.3, 0.4) is 0 Å². The number of methoxy groups -OCH3 is 1. The molecule has 0 spiro atoms. The van der Waals surface area contributed by atoms with Crippen LogP contribution in [-0.2, 0) is 14.4 Å². The number of ether oxygens (including phenoxy) is 1. The number of benzene rings is 1. The van der Waals surface area contributed by atoms with Gasteiger partial charge in [-0.15, -0.1) is 0 Å². The van der Waals surface area contributed by atoms with Gasteiger partial charge in [-0.3, -0.25) is 19.3 Å². The van der Waals surface area contributed by atoms with E-state index in [1.807, 2.05) is 43.0 Å². The Labute approximate surface area is 178 Å². The summed E-state index contributed by atoms with van der Waals surface area (Å²) in [5.41, 5.74) is 0.785. The van der Waals surface area contributed by atoms with Crippen molar-refractivity contribution in [2.45, 2.75) is 32.7 Å². The van der Waals surface area contributed by atoms with E-state index in [1.54, 1.807) is 12.0 Å². The van der Waals surface area contributed by atoms with Gasteiger partial charge in [0.05, 0.1) is 19.6 Å². The van der Waals surface area contributed by atoms with Crippen molar-refractivity contribution in [2.24, 2.45) is 5.92 Å². The fourth-order valence-electron chi connectivity index (χ4n) is 3.89. The number of hydrogen-bond acceptors (Lipinski definition) is 5. The Morgan fingerprint density at radius 1 is 1.17 bits per heavy atom. The topological polar surface area (TPSA) is 82.2 Å². The molecule has 8 nitrogen and oxygen atoms in total. The monoisotopic (exact) mass is 416 g/mol. The zero-order valence-corrected chi connectivity index (χ0v) is 18.1. The molecule has 3 rings (SSSR count). The lowest BCUT2D eigenvalue weighted by atomic mass is 10.1. The number of carbonyl (C=O) groups is 3. The molecule has 164 valence electrons. The highest BCUT2D eigenvalue weighted by atomic mass is 16.5. The van der Waals surface area contributed by atoms with Crippen LogP contribution in [0.2, 0.25) is 0 Å². The second-order valence-corrected chi connectivity index (χ2v) is 8.08. The third-order valence-corrected chi connectivity index (χ3v) is 5.93. The van der Waals surface area contributed by atoms with Gasteiger partial charge in [-0.1, -0.05) is 6.92 Å². The Hall–Kier alpha value is -2.61. The highest BCUT2D eigenvalue weighted by Crippen LogP contribution is 2.28. The zero-order valence-electron chi connectivity index (χ0n) is 18.1. The summed E-state index contributed by atoms with van der Waals surface area (Å²) >= 11 is 0. The summed E-state index contributed by atoms with van der Waals surface area (Å²) in [6.45, 7) is 7.31. The first-order valence-electron chi connectivity index (χ1n) is 10.7. The summed E-state index contributed by atoms with van der Waals surface area (Å²) in [5, 5.41) is 2.98. The largest absolute Gasteiger partial charge is 0.497 e. The van der Waals surface area contributed by atoms with Crippen LogP contribution >= 0.6 is 0 Å². The number of nitrogens with zero attached hydrogens (tertiary/aromatic N) is 3. The van der Waals surface area contributed by atoms with Gasteiger partial charge in [-0.05, 0) is 37.6 Å². The smallest absolute Gasteiger partial charge is 0.234 e. The van der Waals surface area contributed by atoms with E-state index in [1.165, 1.54) is 0 Å². The number of piperazine rings is 1. The van der Waals surface area contributed by atoms with Crippen LogP contribution in [0.1, 0.15) is 26.7 Å². The molecule has 0 aromatic heterocycles. The highest BCUT2D eigenvalue weighted by molar-refractivity contribution is 6.00. The number of anilines is 1. The van der Waals surface area contributed by atoms with Crippen molar-refractivity contribution in [3.63, 3.8) is 0 Å². The van der Waals surface area contributed by atoms with Crippen LogP contribution in [-0.4, -0.2) is 79.9 Å². The maximum absolute atomic E-state index is 13.0. The minimum Gasteiger partial charge on any atom is -0.497 e. The van der Waals surface area contributed by atoms with Crippen LogP contribution in [0.15, 0.2) is 24.3 Å². The standard InChI is InChI=1S/C22H32N4O4/c1-4-16(2)23-20(27)15-24-9-11-25(12-10-24)22(29)17-13-21(28)26(14-17)18-5-7-19(30-3)8-6-18/h5-8,16-17H,4,9-15H2,1-3H3,(H,23,27)/t16-,17-/m0/s1. The van der Waals surface area contributed by atoms with Crippen molar-refractivity contribution < 1.29 is 19.1 Å². The second kappa shape index (κ2) is 9.93. The van der Waals surface area contributed by atoms with Gasteiger partial charge in [0.2, 0.25) is 17.7 Å². The summed E-state index contributed by atoms with van der Waals surface area (Å²) in [7, 11) is 1.60. The zero-order chi connectivity index (χ0) is 21.7. The van der Waals surface area contributed by atoms with Crippen molar-refractivity contribution in [1.29, 1.82) is 0 Å². The highest BCUT2D eigenvalue weighted by Gasteiger charge is 2.38. The Kier molecular flexibility index (Phi) is 7.31. The van der Waals surface area contributed by atoms with E-state index >= 15 is 0 Å². The molecule has 0 unspecified atom stereocenters. The maximum Gasteiger partial charge on any atom is 0.234 e. The summed E-state index contributed by atoms with van der Waals surface area (Å²) in [4.78, 5) is 43.1. The molecule has 2 fully saturated rings. The fourth-order valence-corrected chi connectivity index (χ4v) is 3.89. The van der Waals surface area contributed by atoms with Crippen LogP contribution in [0.25, 0.3) is 0 Å². The van der Waals surface area contributed by atoms with E-state index in [9.17, 15) is 14.4 Å². The first kappa shape index (κ1) is 22.1. The SMILES string of the molecule is CC[C@H](C)NC(=O)CN1CCN(C(=O)[C@H]2CC(=O)N(c3ccc(OC)cc3)C2)CC1. The molecule has 3 amide bonds. The average molecular weight is 417 g/mol. The molecule has 30 heavy (non-hydrogen) atoms. The Morgan fingerprint density at radius 2 is 1.83 bits per heavy atom. The molecule has 1 aromatic carbocycles. The van der Waals surface area contributed by atoms with Gasteiger partial charge in [0.25, 0.3) is 0 Å². The van der Waals surface area contributed by atoms with Crippen molar-refractivity contribution in [3.05, 3.63) is 24.3 Å². The molecule has 8 heteroatoms. The molecule has 0 radical (unpaired) electrons. The number of amides is 3. The molecule has 1 aromatic rings. The number of rotatable bonds is 7. The normalized spacial score (nSPS) is 20.9. The summed E-state index contributed by atoms with van der Waals surface area (Å²) in [5.74, 6) is 0.441. The van der Waals surface area contributed by atoms with Gasteiger partial charge in [-0.2, -0.15) is 0 Å². The maximum atomic E-state index is 13.0. The molecule has 2 saturated heterocycles. The number of carbonyl (C=O) groups excluding carboxylic acids is 3. The molecule has 2 heterocycles. The van der Waals surface area contributed by atoms with Crippen molar-refractivity contribution in [3.8, 4) is 5.75 Å². The van der Waals surface area contributed by atoms with Crippen molar-refractivity contribution >= 4 is 23.4 Å².